The monoisotopic (exact) mass is 255 g/mol. The standard InChI is InChI=1S/C15H16BO3/c1-2-12-5-3-4-6-13(12)11-18-14-7-9-15(10-8-14)19-16-17/h3-10,17H,2,11H2,1H3. The molecule has 4 heteroatoms. The van der Waals surface area contributed by atoms with Crippen LogP contribution in [0.5, 0.6) is 11.5 Å². The van der Waals surface area contributed by atoms with Crippen molar-refractivity contribution >= 4 is 7.69 Å². The van der Waals surface area contributed by atoms with Crippen LogP contribution in [0, 0.1) is 0 Å². The molecular formula is C15H16BO3. The Labute approximate surface area is 114 Å². The van der Waals surface area contributed by atoms with Gasteiger partial charge in [-0.25, -0.2) is 0 Å². The summed E-state index contributed by atoms with van der Waals surface area (Å²) in [5, 5.41) is 8.52. The predicted molar refractivity (Wildman–Crippen MR) is 75.2 cm³/mol. The van der Waals surface area contributed by atoms with Gasteiger partial charge in [0.05, 0.1) is 0 Å². The first kappa shape index (κ1) is 13.5. The van der Waals surface area contributed by atoms with Gasteiger partial charge in [0, 0.05) is 0 Å². The van der Waals surface area contributed by atoms with Gasteiger partial charge in [-0.1, -0.05) is 31.2 Å². The third-order valence-electron chi connectivity index (χ3n) is 2.91. The summed E-state index contributed by atoms with van der Waals surface area (Å²) in [6, 6.07) is 15.4. The third-order valence-corrected chi connectivity index (χ3v) is 2.91. The van der Waals surface area contributed by atoms with Crippen LogP contribution in [0.3, 0.4) is 0 Å². The van der Waals surface area contributed by atoms with Gasteiger partial charge in [0.25, 0.3) is 0 Å². The minimum Gasteiger partial charge on any atom is -0.537 e. The van der Waals surface area contributed by atoms with E-state index in [1.54, 1.807) is 12.1 Å². The summed E-state index contributed by atoms with van der Waals surface area (Å²) in [5.41, 5.74) is 2.51. The lowest BCUT2D eigenvalue weighted by Crippen LogP contribution is -2.01. The average molecular weight is 255 g/mol. The van der Waals surface area contributed by atoms with E-state index in [2.05, 4.69) is 19.1 Å². The second-order valence-corrected chi connectivity index (χ2v) is 4.11. The maximum atomic E-state index is 8.52. The quantitative estimate of drug-likeness (QED) is 0.806. The lowest BCUT2D eigenvalue weighted by atomic mass is 10.1. The van der Waals surface area contributed by atoms with Crippen LogP contribution < -0.4 is 9.39 Å². The van der Waals surface area contributed by atoms with Crippen molar-refractivity contribution in [1.29, 1.82) is 0 Å². The molecule has 0 aliphatic rings. The SMILES string of the molecule is CCc1ccccc1COc1ccc(O[B]O)cc1. The van der Waals surface area contributed by atoms with E-state index < -0.39 is 0 Å². The van der Waals surface area contributed by atoms with E-state index in [1.165, 1.54) is 11.1 Å². The number of rotatable bonds is 6. The molecule has 0 aliphatic heterocycles. The van der Waals surface area contributed by atoms with Crippen molar-refractivity contribution < 1.29 is 14.4 Å². The third kappa shape index (κ3) is 3.76. The highest BCUT2D eigenvalue weighted by atomic mass is 16.5. The average Bonchev–Trinajstić information content (AvgIpc) is 2.47. The van der Waals surface area contributed by atoms with Crippen LogP contribution in [0.4, 0.5) is 0 Å². The summed E-state index contributed by atoms with van der Waals surface area (Å²) in [6.07, 6.45) is 0.999. The molecule has 1 radical (unpaired) electrons. The van der Waals surface area contributed by atoms with Crippen LogP contribution in [0.1, 0.15) is 18.1 Å². The molecule has 3 nitrogen and oxygen atoms in total. The fourth-order valence-electron chi connectivity index (χ4n) is 1.88. The molecule has 0 amide bonds. The van der Waals surface area contributed by atoms with Crippen molar-refractivity contribution in [3.05, 3.63) is 59.7 Å². The van der Waals surface area contributed by atoms with E-state index in [0.29, 0.717) is 20.0 Å². The first-order chi connectivity index (χ1) is 9.33. The molecule has 0 unspecified atom stereocenters. The lowest BCUT2D eigenvalue weighted by molar-refractivity contribution is 0.304. The molecule has 97 valence electrons. The molecule has 2 aromatic carbocycles. The Morgan fingerprint density at radius 3 is 2.21 bits per heavy atom. The maximum absolute atomic E-state index is 8.52. The van der Waals surface area contributed by atoms with E-state index in [9.17, 15) is 0 Å². The lowest BCUT2D eigenvalue weighted by Gasteiger charge is -2.10. The minimum atomic E-state index is 0.552. The van der Waals surface area contributed by atoms with E-state index in [4.69, 9.17) is 14.4 Å². The summed E-state index contributed by atoms with van der Waals surface area (Å²) in [6.45, 7) is 2.69. The Morgan fingerprint density at radius 2 is 1.58 bits per heavy atom. The predicted octanol–water partition coefficient (Wildman–Crippen LogP) is 2.73. The number of hydrogen-bond donors (Lipinski definition) is 1. The van der Waals surface area contributed by atoms with Gasteiger partial charge in [0.15, 0.2) is 0 Å². The van der Waals surface area contributed by atoms with Gasteiger partial charge < -0.3 is 14.4 Å². The molecule has 0 saturated carbocycles. The topological polar surface area (TPSA) is 38.7 Å². The van der Waals surface area contributed by atoms with Crippen molar-refractivity contribution in [2.75, 3.05) is 0 Å². The van der Waals surface area contributed by atoms with E-state index in [-0.39, 0.29) is 0 Å². The molecular weight excluding hydrogens is 239 g/mol. The van der Waals surface area contributed by atoms with Crippen molar-refractivity contribution in [2.24, 2.45) is 0 Å². The van der Waals surface area contributed by atoms with Crippen LogP contribution in [-0.2, 0) is 13.0 Å². The smallest absolute Gasteiger partial charge is 0.537 e. The van der Waals surface area contributed by atoms with Gasteiger partial charge in [-0.3, -0.25) is 0 Å². The highest BCUT2D eigenvalue weighted by Gasteiger charge is 2.01. The second-order valence-electron chi connectivity index (χ2n) is 4.11. The molecule has 2 rings (SSSR count). The van der Waals surface area contributed by atoms with Crippen LogP contribution >= 0.6 is 0 Å². The van der Waals surface area contributed by atoms with Crippen molar-refractivity contribution in [3.63, 3.8) is 0 Å². The first-order valence-corrected chi connectivity index (χ1v) is 6.25. The Hall–Kier alpha value is -1.94. The van der Waals surface area contributed by atoms with Crippen molar-refractivity contribution in [1.82, 2.24) is 0 Å². The first-order valence-electron chi connectivity index (χ1n) is 6.25. The van der Waals surface area contributed by atoms with Gasteiger partial charge in [-0.15, -0.1) is 0 Å². The summed E-state index contributed by atoms with van der Waals surface area (Å²) < 4.78 is 10.6. The van der Waals surface area contributed by atoms with Crippen molar-refractivity contribution in [2.45, 2.75) is 20.0 Å². The fraction of sp³-hybridized carbons (Fsp3) is 0.200. The summed E-state index contributed by atoms with van der Waals surface area (Å²) in [4.78, 5) is 0. The van der Waals surface area contributed by atoms with Crippen molar-refractivity contribution in [3.8, 4) is 11.5 Å². The Kier molecular flexibility index (Phi) is 4.87. The molecule has 0 fully saturated rings. The molecule has 0 bridgehead atoms. The highest BCUT2D eigenvalue weighted by Crippen LogP contribution is 2.19. The fourth-order valence-corrected chi connectivity index (χ4v) is 1.88. The zero-order chi connectivity index (χ0) is 13.5. The number of hydrogen-bond acceptors (Lipinski definition) is 3. The number of ether oxygens (including phenoxy) is 1. The molecule has 0 aromatic heterocycles. The minimum absolute atomic E-state index is 0.552. The molecule has 1 N–H and O–H groups in total. The zero-order valence-corrected chi connectivity index (χ0v) is 10.9. The highest BCUT2D eigenvalue weighted by molar-refractivity contribution is 6.17. The number of benzene rings is 2. The number of aryl methyl sites for hydroxylation is 1. The van der Waals surface area contributed by atoms with E-state index >= 15 is 0 Å². The van der Waals surface area contributed by atoms with E-state index in [0.717, 1.165) is 12.2 Å². The van der Waals surface area contributed by atoms with Gasteiger partial charge in [0.2, 0.25) is 0 Å². The molecule has 2 aromatic rings. The molecule has 0 aliphatic carbocycles. The largest absolute Gasteiger partial charge is 0.569 e. The van der Waals surface area contributed by atoms with Crippen LogP contribution in [0.15, 0.2) is 48.5 Å². The Balaban J connectivity index is 1.98. The molecule has 0 atom stereocenters. The molecule has 0 saturated heterocycles. The Morgan fingerprint density at radius 1 is 0.947 bits per heavy atom. The molecule has 19 heavy (non-hydrogen) atoms. The summed E-state index contributed by atoms with van der Waals surface area (Å²) in [7, 11) is 0.660. The Bertz CT molecular complexity index is 511. The molecule has 0 heterocycles. The normalized spacial score (nSPS) is 10.0. The van der Waals surface area contributed by atoms with Gasteiger partial charge in [-0.2, -0.15) is 0 Å². The van der Waals surface area contributed by atoms with Crippen LogP contribution in [0.25, 0.3) is 0 Å². The van der Waals surface area contributed by atoms with Gasteiger partial charge >= 0.3 is 7.69 Å². The maximum Gasteiger partial charge on any atom is 0.569 e. The van der Waals surface area contributed by atoms with Gasteiger partial charge in [-0.05, 0) is 41.8 Å². The van der Waals surface area contributed by atoms with E-state index in [1.807, 2.05) is 24.3 Å². The van der Waals surface area contributed by atoms with Crippen LogP contribution in [0.2, 0.25) is 0 Å². The van der Waals surface area contributed by atoms with Gasteiger partial charge in [0.1, 0.15) is 18.1 Å². The summed E-state index contributed by atoms with van der Waals surface area (Å²) >= 11 is 0. The van der Waals surface area contributed by atoms with Crippen LogP contribution in [-0.4, -0.2) is 12.7 Å². The second kappa shape index (κ2) is 6.85. The zero-order valence-electron chi connectivity index (χ0n) is 10.9. The molecule has 0 spiro atoms. The summed E-state index contributed by atoms with van der Waals surface area (Å²) in [5.74, 6) is 1.35.